The van der Waals surface area contributed by atoms with E-state index in [0.29, 0.717) is 5.56 Å². The molecule has 0 unspecified atom stereocenters. The molecule has 88 valence electrons. The minimum absolute atomic E-state index is 0.0788. The van der Waals surface area contributed by atoms with Gasteiger partial charge in [-0.3, -0.25) is 4.79 Å². The molecule has 0 aliphatic heterocycles. The molecule has 0 amide bonds. The second kappa shape index (κ2) is 4.94. The van der Waals surface area contributed by atoms with Crippen molar-refractivity contribution in [3.63, 3.8) is 0 Å². The summed E-state index contributed by atoms with van der Waals surface area (Å²) in [5, 5.41) is 0. The van der Waals surface area contributed by atoms with Gasteiger partial charge in [0.25, 0.3) is 0 Å². The van der Waals surface area contributed by atoms with Crippen molar-refractivity contribution in [2.45, 2.75) is 6.92 Å². The molecule has 0 fully saturated rings. The molecule has 1 aromatic rings. The highest BCUT2D eigenvalue weighted by molar-refractivity contribution is 6.02. The molecule has 0 atom stereocenters. The predicted octanol–water partition coefficient (Wildman–Crippen LogP) is 1.29. The molecule has 1 rings (SSSR count). The van der Waals surface area contributed by atoms with E-state index in [4.69, 9.17) is 15.2 Å². The smallest absolute Gasteiger partial charge is 0.197 e. The zero-order valence-electron chi connectivity index (χ0n) is 9.46. The van der Waals surface area contributed by atoms with Crippen LogP contribution in [0.3, 0.4) is 0 Å². The van der Waals surface area contributed by atoms with Crippen LogP contribution in [-0.2, 0) is 0 Å². The van der Waals surface area contributed by atoms with Crippen LogP contribution in [0, 0.1) is 12.7 Å². The number of carbonyl (C=O) groups excluding carboxylic acids is 1. The number of nitrogens with two attached hydrogens (primary N) is 1. The van der Waals surface area contributed by atoms with E-state index in [0.717, 1.165) is 0 Å². The number of benzene rings is 1. The first-order valence-corrected chi connectivity index (χ1v) is 4.71. The first-order chi connectivity index (χ1) is 7.56. The van der Waals surface area contributed by atoms with Crippen molar-refractivity contribution in [3.8, 4) is 11.5 Å². The minimum Gasteiger partial charge on any atom is -0.492 e. The van der Waals surface area contributed by atoms with E-state index in [1.54, 1.807) is 6.92 Å². The Balaban J connectivity index is 3.52. The van der Waals surface area contributed by atoms with Gasteiger partial charge in [0.1, 0.15) is 0 Å². The summed E-state index contributed by atoms with van der Waals surface area (Å²) in [5.41, 5.74) is 6.03. The van der Waals surface area contributed by atoms with E-state index < -0.39 is 5.82 Å². The summed E-state index contributed by atoms with van der Waals surface area (Å²) in [6.45, 7) is 1.46. The van der Waals surface area contributed by atoms with Crippen LogP contribution < -0.4 is 15.2 Å². The largest absolute Gasteiger partial charge is 0.492 e. The predicted molar refractivity (Wildman–Crippen MR) is 57.6 cm³/mol. The molecule has 0 heterocycles. The maximum Gasteiger partial charge on any atom is 0.197 e. The normalized spacial score (nSPS) is 10.1. The van der Waals surface area contributed by atoms with Crippen molar-refractivity contribution in [1.82, 2.24) is 0 Å². The Hall–Kier alpha value is -1.62. The van der Waals surface area contributed by atoms with E-state index in [2.05, 4.69) is 0 Å². The first kappa shape index (κ1) is 12.4. The zero-order valence-corrected chi connectivity index (χ0v) is 9.46. The lowest BCUT2D eigenvalue weighted by molar-refractivity contribution is 0.0997. The number of Topliss-reactive ketones (excluding diaryl/α,β-unsaturated/α-hetero) is 1. The Labute approximate surface area is 93.2 Å². The van der Waals surface area contributed by atoms with Crippen LogP contribution >= 0.6 is 0 Å². The topological polar surface area (TPSA) is 61.5 Å². The van der Waals surface area contributed by atoms with Gasteiger partial charge in [0.05, 0.1) is 26.3 Å². The Morgan fingerprint density at radius 2 is 1.94 bits per heavy atom. The number of aryl methyl sites for hydroxylation is 1. The van der Waals surface area contributed by atoms with Crippen molar-refractivity contribution in [3.05, 3.63) is 23.0 Å². The van der Waals surface area contributed by atoms with Crippen molar-refractivity contribution < 1.29 is 18.7 Å². The lowest BCUT2D eigenvalue weighted by Gasteiger charge is -2.14. The summed E-state index contributed by atoms with van der Waals surface area (Å²) in [7, 11) is 2.66. The van der Waals surface area contributed by atoms with Crippen LogP contribution in [0.25, 0.3) is 0 Å². The zero-order chi connectivity index (χ0) is 12.3. The van der Waals surface area contributed by atoms with Crippen molar-refractivity contribution >= 4 is 5.78 Å². The van der Waals surface area contributed by atoms with Crippen LogP contribution in [0.4, 0.5) is 4.39 Å². The molecule has 4 nitrogen and oxygen atoms in total. The van der Waals surface area contributed by atoms with Crippen LogP contribution in [0.1, 0.15) is 15.9 Å². The number of rotatable bonds is 4. The highest BCUT2D eigenvalue weighted by Crippen LogP contribution is 2.36. The van der Waals surface area contributed by atoms with E-state index in [1.807, 2.05) is 0 Å². The molecule has 0 saturated carbocycles. The van der Waals surface area contributed by atoms with E-state index >= 15 is 0 Å². The van der Waals surface area contributed by atoms with Gasteiger partial charge in [-0.15, -0.1) is 0 Å². The molecule has 0 aliphatic carbocycles. The maximum absolute atomic E-state index is 13.5. The van der Waals surface area contributed by atoms with Crippen LogP contribution in [-0.4, -0.2) is 26.5 Å². The SMILES string of the molecule is COc1c(F)cc(C)c(C(=O)CN)c1OC. The molecule has 0 bridgehead atoms. The molecule has 0 spiro atoms. The van der Waals surface area contributed by atoms with Crippen molar-refractivity contribution in [2.24, 2.45) is 5.73 Å². The molecule has 0 saturated heterocycles. The standard InChI is InChI=1S/C11H14FNO3/c1-6-4-7(12)10(15-2)11(16-3)9(6)8(14)5-13/h4H,5,13H2,1-3H3. The third-order valence-electron chi connectivity index (χ3n) is 2.26. The molecular weight excluding hydrogens is 213 g/mol. The van der Waals surface area contributed by atoms with Crippen molar-refractivity contribution in [2.75, 3.05) is 20.8 Å². The average molecular weight is 227 g/mol. The fraction of sp³-hybridized carbons (Fsp3) is 0.364. The van der Waals surface area contributed by atoms with Gasteiger partial charge < -0.3 is 15.2 Å². The van der Waals surface area contributed by atoms with Gasteiger partial charge in [0.2, 0.25) is 0 Å². The molecule has 16 heavy (non-hydrogen) atoms. The van der Waals surface area contributed by atoms with Gasteiger partial charge in [-0.2, -0.15) is 0 Å². The number of methoxy groups -OCH3 is 2. The quantitative estimate of drug-likeness (QED) is 0.787. The Kier molecular flexibility index (Phi) is 3.84. The summed E-state index contributed by atoms with van der Waals surface area (Å²) < 4.78 is 23.4. The van der Waals surface area contributed by atoms with E-state index in [9.17, 15) is 9.18 Å². The highest BCUT2D eigenvalue weighted by atomic mass is 19.1. The molecule has 1 aromatic carbocycles. The molecule has 0 aliphatic rings. The second-order valence-corrected chi connectivity index (χ2v) is 3.24. The third-order valence-corrected chi connectivity index (χ3v) is 2.26. The van der Waals surface area contributed by atoms with Gasteiger partial charge >= 0.3 is 0 Å². The third kappa shape index (κ3) is 1.99. The molecule has 0 radical (unpaired) electrons. The highest BCUT2D eigenvalue weighted by Gasteiger charge is 2.22. The molecule has 0 aromatic heterocycles. The number of ketones is 1. The van der Waals surface area contributed by atoms with Gasteiger partial charge in [-0.25, -0.2) is 4.39 Å². The van der Waals surface area contributed by atoms with Gasteiger partial charge in [0, 0.05) is 0 Å². The van der Waals surface area contributed by atoms with Crippen LogP contribution in [0.15, 0.2) is 6.07 Å². The van der Waals surface area contributed by atoms with Crippen LogP contribution in [0.2, 0.25) is 0 Å². The Morgan fingerprint density at radius 3 is 2.38 bits per heavy atom. The Bertz CT molecular complexity index is 418. The van der Waals surface area contributed by atoms with Gasteiger partial charge in [0.15, 0.2) is 23.1 Å². The number of hydrogen-bond acceptors (Lipinski definition) is 4. The maximum atomic E-state index is 13.5. The van der Waals surface area contributed by atoms with E-state index in [-0.39, 0.29) is 29.4 Å². The summed E-state index contributed by atoms with van der Waals surface area (Å²) in [4.78, 5) is 11.6. The number of ether oxygens (including phenoxy) is 2. The lowest BCUT2D eigenvalue weighted by atomic mass is 10.0. The molecule has 2 N–H and O–H groups in total. The summed E-state index contributed by atoms with van der Waals surface area (Å²) >= 11 is 0. The fourth-order valence-electron chi connectivity index (χ4n) is 1.56. The fourth-order valence-corrected chi connectivity index (χ4v) is 1.56. The lowest BCUT2D eigenvalue weighted by Crippen LogP contribution is -2.16. The minimum atomic E-state index is -0.564. The summed E-state index contributed by atoms with van der Waals surface area (Å²) in [5.74, 6) is -0.863. The Morgan fingerprint density at radius 1 is 1.38 bits per heavy atom. The molecule has 5 heteroatoms. The second-order valence-electron chi connectivity index (χ2n) is 3.24. The number of halogens is 1. The number of carbonyl (C=O) groups is 1. The monoisotopic (exact) mass is 227 g/mol. The average Bonchev–Trinajstić information content (AvgIpc) is 2.27. The summed E-state index contributed by atoms with van der Waals surface area (Å²) in [6.07, 6.45) is 0. The van der Waals surface area contributed by atoms with Gasteiger partial charge in [-0.05, 0) is 18.6 Å². The van der Waals surface area contributed by atoms with Crippen LogP contribution in [0.5, 0.6) is 11.5 Å². The van der Waals surface area contributed by atoms with Crippen molar-refractivity contribution in [1.29, 1.82) is 0 Å². The first-order valence-electron chi connectivity index (χ1n) is 4.71. The number of hydrogen-bond donors (Lipinski definition) is 1. The molecular formula is C11H14FNO3. The van der Waals surface area contributed by atoms with E-state index in [1.165, 1.54) is 20.3 Å². The van der Waals surface area contributed by atoms with Gasteiger partial charge in [-0.1, -0.05) is 0 Å². The summed E-state index contributed by atoms with van der Waals surface area (Å²) in [6, 6.07) is 1.23.